The highest BCUT2D eigenvalue weighted by Gasteiger charge is 2.20. The fraction of sp³-hybridized carbons (Fsp3) is 0.417. The molecule has 1 aliphatic rings. The lowest BCUT2D eigenvalue weighted by molar-refractivity contribution is -0.118. The van der Waals surface area contributed by atoms with Crippen LogP contribution in [0.3, 0.4) is 0 Å². The van der Waals surface area contributed by atoms with Gasteiger partial charge in [0.05, 0.1) is 5.25 Å². The van der Waals surface area contributed by atoms with E-state index in [0.29, 0.717) is 43.2 Å². The number of nitrogens with one attached hydrogen (secondary N) is 2. The number of amides is 2. The van der Waals surface area contributed by atoms with Crippen molar-refractivity contribution in [1.29, 1.82) is 0 Å². The molecule has 0 aliphatic carbocycles. The van der Waals surface area contributed by atoms with Gasteiger partial charge in [-0.15, -0.1) is 11.8 Å². The van der Waals surface area contributed by atoms with Crippen molar-refractivity contribution in [3.63, 3.8) is 0 Å². The number of hydrogen-bond acceptors (Lipinski definition) is 5. The standard InChI is InChI=1S/C24H30N2O4S/c1-5-21(23(28)26-17-9-10-19-20(14-17)30-12-11-29-19)31-18-8-6-7-16(13-18)25-22(27)15-24(2,3)4/h6-10,13-14,21H,5,11-12,15H2,1-4H3,(H,25,27)(H,26,28). The minimum absolute atomic E-state index is 0.0157. The van der Waals surface area contributed by atoms with Crippen LogP contribution < -0.4 is 20.1 Å². The van der Waals surface area contributed by atoms with Crippen LogP contribution >= 0.6 is 11.8 Å². The Labute approximate surface area is 188 Å². The second kappa shape index (κ2) is 10.1. The lowest BCUT2D eigenvalue weighted by Gasteiger charge is -2.20. The first-order valence-corrected chi connectivity index (χ1v) is 11.4. The van der Waals surface area contributed by atoms with Crippen LogP contribution in [-0.2, 0) is 9.59 Å². The summed E-state index contributed by atoms with van der Waals surface area (Å²) in [5, 5.41) is 5.65. The Morgan fingerprint density at radius 2 is 1.71 bits per heavy atom. The van der Waals surface area contributed by atoms with Gasteiger partial charge in [0.25, 0.3) is 0 Å². The van der Waals surface area contributed by atoms with Crippen LogP contribution in [0.1, 0.15) is 40.5 Å². The molecule has 2 N–H and O–H groups in total. The lowest BCUT2D eigenvalue weighted by atomic mass is 9.92. The van der Waals surface area contributed by atoms with E-state index in [4.69, 9.17) is 9.47 Å². The van der Waals surface area contributed by atoms with Crippen molar-refractivity contribution >= 4 is 35.0 Å². The number of hydrogen-bond donors (Lipinski definition) is 2. The lowest BCUT2D eigenvalue weighted by Crippen LogP contribution is -2.24. The first-order chi connectivity index (χ1) is 14.7. The number of carbonyl (C=O) groups is 2. The molecular formula is C24H30N2O4S. The Kier molecular flexibility index (Phi) is 7.49. The summed E-state index contributed by atoms with van der Waals surface area (Å²) in [7, 11) is 0. The SMILES string of the molecule is CCC(Sc1cccc(NC(=O)CC(C)(C)C)c1)C(=O)Nc1ccc2c(c1)OCCO2. The van der Waals surface area contributed by atoms with Gasteiger partial charge < -0.3 is 20.1 Å². The summed E-state index contributed by atoms with van der Waals surface area (Å²) in [5.41, 5.74) is 1.34. The van der Waals surface area contributed by atoms with Crippen molar-refractivity contribution in [3.05, 3.63) is 42.5 Å². The Morgan fingerprint density at radius 1 is 1.00 bits per heavy atom. The first kappa shape index (κ1) is 23.0. The molecular weight excluding hydrogens is 412 g/mol. The van der Waals surface area contributed by atoms with Crippen molar-refractivity contribution in [1.82, 2.24) is 0 Å². The molecule has 2 aromatic carbocycles. The van der Waals surface area contributed by atoms with E-state index in [1.54, 1.807) is 6.07 Å². The maximum absolute atomic E-state index is 12.9. The molecule has 31 heavy (non-hydrogen) atoms. The van der Waals surface area contributed by atoms with Gasteiger partial charge in [-0.2, -0.15) is 0 Å². The smallest absolute Gasteiger partial charge is 0.237 e. The molecule has 1 unspecified atom stereocenters. The summed E-state index contributed by atoms with van der Waals surface area (Å²) in [4.78, 5) is 26.0. The molecule has 6 nitrogen and oxygen atoms in total. The minimum atomic E-state index is -0.270. The summed E-state index contributed by atoms with van der Waals surface area (Å²) in [6.07, 6.45) is 1.11. The van der Waals surface area contributed by atoms with Crippen molar-refractivity contribution in [3.8, 4) is 11.5 Å². The molecule has 0 bridgehead atoms. The number of ether oxygens (including phenoxy) is 2. The Hall–Kier alpha value is -2.67. The molecule has 1 heterocycles. The molecule has 2 amide bonds. The monoisotopic (exact) mass is 442 g/mol. The van der Waals surface area contributed by atoms with Crippen LogP contribution in [0, 0.1) is 5.41 Å². The molecule has 0 saturated heterocycles. The highest BCUT2D eigenvalue weighted by Crippen LogP contribution is 2.34. The summed E-state index contributed by atoms with van der Waals surface area (Å²) >= 11 is 1.48. The van der Waals surface area contributed by atoms with Crippen LogP contribution in [0.2, 0.25) is 0 Å². The van der Waals surface area contributed by atoms with Crippen LogP contribution in [0.4, 0.5) is 11.4 Å². The van der Waals surface area contributed by atoms with Crippen molar-refractivity contribution in [2.45, 2.75) is 50.7 Å². The molecule has 0 saturated carbocycles. The molecule has 166 valence electrons. The van der Waals surface area contributed by atoms with E-state index in [0.717, 1.165) is 10.6 Å². The normalized spacial score (nSPS) is 13.9. The zero-order chi connectivity index (χ0) is 22.4. The van der Waals surface area contributed by atoms with Gasteiger partial charge in [0.1, 0.15) is 13.2 Å². The molecule has 0 radical (unpaired) electrons. The highest BCUT2D eigenvalue weighted by atomic mass is 32.2. The van der Waals surface area contributed by atoms with E-state index in [1.165, 1.54) is 11.8 Å². The van der Waals surface area contributed by atoms with Crippen molar-refractivity contribution < 1.29 is 19.1 Å². The molecule has 3 rings (SSSR count). The van der Waals surface area contributed by atoms with Crippen LogP contribution in [0.25, 0.3) is 0 Å². The first-order valence-electron chi connectivity index (χ1n) is 10.5. The van der Waals surface area contributed by atoms with E-state index in [-0.39, 0.29) is 22.5 Å². The number of rotatable bonds is 7. The predicted octanol–water partition coefficient (Wildman–Crippen LogP) is 5.34. The molecule has 2 aromatic rings. The van der Waals surface area contributed by atoms with E-state index < -0.39 is 0 Å². The van der Waals surface area contributed by atoms with Gasteiger partial charge in [-0.05, 0) is 42.2 Å². The van der Waals surface area contributed by atoms with Gasteiger partial charge >= 0.3 is 0 Å². The number of anilines is 2. The third-order valence-electron chi connectivity index (χ3n) is 4.56. The maximum atomic E-state index is 12.9. The van der Waals surface area contributed by atoms with Crippen molar-refractivity contribution in [2.24, 2.45) is 5.41 Å². The van der Waals surface area contributed by atoms with Crippen LogP contribution in [-0.4, -0.2) is 30.3 Å². The Bertz CT molecular complexity index is 939. The van der Waals surface area contributed by atoms with Gasteiger partial charge in [-0.25, -0.2) is 0 Å². The maximum Gasteiger partial charge on any atom is 0.237 e. The minimum Gasteiger partial charge on any atom is -0.486 e. The third kappa shape index (κ3) is 6.92. The topological polar surface area (TPSA) is 76.7 Å². The van der Waals surface area contributed by atoms with Crippen LogP contribution in [0.15, 0.2) is 47.4 Å². The molecule has 0 spiro atoms. The van der Waals surface area contributed by atoms with Crippen molar-refractivity contribution in [2.75, 3.05) is 23.8 Å². The Balaban J connectivity index is 1.62. The average molecular weight is 443 g/mol. The highest BCUT2D eigenvalue weighted by molar-refractivity contribution is 8.00. The largest absolute Gasteiger partial charge is 0.486 e. The fourth-order valence-electron chi connectivity index (χ4n) is 3.16. The molecule has 7 heteroatoms. The number of benzene rings is 2. The van der Waals surface area contributed by atoms with Gasteiger partial charge in [0.15, 0.2) is 11.5 Å². The van der Waals surface area contributed by atoms with Gasteiger partial charge in [-0.1, -0.05) is 33.8 Å². The van der Waals surface area contributed by atoms with Gasteiger partial charge in [-0.3, -0.25) is 9.59 Å². The Morgan fingerprint density at radius 3 is 2.42 bits per heavy atom. The number of thioether (sulfide) groups is 1. The molecule has 0 aromatic heterocycles. The van der Waals surface area contributed by atoms with E-state index in [9.17, 15) is 9.59 Å². The summed E-state index contributed by atoms with van der Waals surface area (Å²) < 4.78 is 11.1. The molecule has 1 atom stereocenters. The quantitative estimate of drug-likeness (QED) is 0.566. The molecule has 1 aliphatic heterocycles. The second-order valence-corrected chi connectivity index (χ2v) is 9.95. The third-order valence-corrected chi connectivity index (χ3v) is 5.92. The predicted molar refractivity (Wildman–Crippen MR) is 125 cm³/mol. The van der Waals surface area contributed by atoms with E-state index >= 15 is 0 Å². The average Bonchev–Trinajstić information content (AvgIpc) is 2.70. The second-order valence-electron chi connectivity index (χ2n) is 8.68. The number of carbonyl (C=O) groups excluding carboxylic acids is 2. The summed E-state index contributed by atoms with van der Waals surface area (Å²) in [6, 6.07) is 13.0. The molecule has 0 fully saturated rings. The fourth-order valence-corrected chi connectivity index (χ4v) is 4.18. The van der Waals surface area contributed by atoms with E-state index in [2.05, 4.69) is 10.6 Å². The van der Waals surface area contributed by atoms with Gasteiger partial charge in [0, 0.05) is 28.8 Å². The number of fused-ring (bicyclic) bond motifs is 1. The summed E-state index contributed by atoms with van der Waals surface area (Å²) in [6.45, 7) is 9.11. The summed E-state index contributed by atoms with van der Waals surface area (Å²) in [5.74, 6) is 1.24. The van der Waals surface area contributed by atoms with Gasteiger partial charge in [0.2, 0.25) is 11.8 Å². The zero-order valence-corrected chi connectivity index (χ0v) is 19.3. The zero-order valence-electron chi connectivity index (χ0n) is 18.5. The van der Waals surface area contributed by atoms with Crippen LogP contribution in [0.5, 0.6) is 11.5 Å². The van der Waals surface area contributed by atoms with E-state index in [1.807, 2.05) is 64.1 Å².